The first-order valence-electron chi connectivity index (χ1n) is 13.6. The Morgan fingerprint density at radius 2 is 1.81 bits per heavy atom. The predicted octanol–water partition coefficient (Wildman–Crippen LogP) is 5.05. The van der Waals surface area contributed by atoms with Crippen molar-refractivity contribution < 1.29 is 23.8 Å². The molecule has 1 aliphatic rings. The summed E-state index contributed by atoms with van der Waals surface area (Å²) < 4.78 is 17.6. The normalized spacial score (nSPS) is 16.1. The van der Waals surface area contributed by atoms with Crippen LogP contribution in [0.1, 0.15) is 45.1 Å². The Labute approximate surface area is 255 Å². The third kappa shape index (κ3) is 5.81. The molecular formula is C32H33N5O5S. The van der Waals surface area contributed by atoms with Crippen molar-refractivity contribution >= 4 is 40.6 Å². The fourth-order valence-corrected chi connectivity index (χ4v) is 5.93. The van der Waals surface area contributed by atoms with Gasteiger partial charge in [-0.2, -0.15) is 0 Å². The molecule has 222 valence electrons. The second kappa shape index (κ2) is 12.6. The topological polar surface area (TPSA) is 107 Å². The molecule has 5 rings (SSSR count). The van der Waals surface area contributed by atoms with Crippen LogP contribution in [0.4, 0.5) is 11.4 Å². The first-order valence-corrected chi connectivity index (χ1v) is 14.0. The molecule has 11 heteroatoms. The van der Waals surface area contributed by atoms with E-state index in [9.17, 15) is 9.59 Å². The summed E-state index contributed by atoms with van der Waals surface area (Å²) in [6, 6.07) is 20.2. The van der Waals surface area contributed by atoms with Crippen LogP contribution >= 0.6 is 12.2 Å². The number of nitrogens with one attached hydrogen (secondary N) is 2. The number of hydrogen-bond donors (Lipinski definition) is 2. The Morgan fingerprint density at radius 3 is 2.51 bits per heavy atom. The average molecular weight is 600 g/mol. The van der Waals surface area contributed by atoms with Gasteiger partial charge in [0.25, 0.3) is 0 Å². The van der Waals surface area contributed by atoms with Gasteiger partial charge in [0.1, 0.15) is 12.4 Å². The van der Waals surface area contributed by atoms with E-state index in [0.29, 0.717) is 22.1 Å². The largest absolute Gasteiger partial charge is 0.495 e. The number of esters is 1. The van der Waals surface area contributed by atoms with Gasteiger partial charge in [0.15, 0.2) is 5.11 Å². The van der Waals surface area contributed by atoms with Crippen molar-refractivity contribution in [3.63, 3.8) is 0 Å². The van der Waals surface area contributed by atoms with E-state index in [0.717, 1.165) is 34.0 Å². The van der Waals surface area contributed by atoms with Crippen molar-refractivity contribution in [3.05, 3.63) is 101 Å². The van der Waals surface area contributed by atoms with E-state index < -0.39 is 5.97 Å². The maximum absolute atomic E-state index is 12.4. The second-order valence-corrected chi connectivity index (χ2v) is 10.5. The van der Waals surface area contributed by atoms with Crippen molar-refractivity contribution in [3.8, 4) is 11.4 Å². The van der Waals surface area contributed by atoms with E-state index in [-0.39, 0.29) is 24.6 Å². The highest BCUT2D eigenvalue weighted by Crippen LogP contribution is 2.45. The molecule has 1 saturated heterocycles. The summed E-state index contributed by atoms with van der Waals surface area (Å²) in [7, 11) is 4.38. The third-order valence-corrected chi connectivity index (χ3v) is 7.74. The Morgan fingerprint density at radius 1 is 1.00 bits per heavy atom. The molecule has 0 radical (unpaired) electrons. The van der Waals surface area contributed by atoms with Crippen LogP contribution in [-0.4, -0.2) is 54.5 Å². The summed E-state index contributed by atoms with van der Waals surface area (Å²) in [5, 5.41) is 6.87. The zero-order chi connectivity index (χ0) is 30.7. The highest BCUT2D eigenvalue weighted by Gasteiger charge is 2.42. The summed E-state index contributed by atoms with van der Waals surface area (Å²) in [5.41, 5.74) is 6.36. The minimum atomic E-state index is -0.399. The number of carbonyl (C=O) groups excluding carboxylic acids is 2. The number of thiocarbonyl (C=S) groups is 1. The fourth-order valence-electron chi connectivity index (χ4n) is 5.58. The van der Waals surface area contributed by atoms with Crippen LogP contribution in [0.3, 0.4) is 0 Å². The SMILES string of the molecule is COCC(=O)Nc1cc(N2C(=S)N[C@H](c3ccccn3)[C@@H]2c2cc(C)n(-c3cccc(C(=O)OC)c3)c2C)ccc1OC. The molecule has 1 fully saturated rings. The molecule has 43 heavy (non-hydrogen) atoms. The van der Waals surface area contributed by atoms with E-state index in [2.05, 4.69) is 26.3 Å². The fraction of sp³-hybridized carbons (Fsp3) is 0.250. The van der Waals surface area contributed by atoms with Crippen LogP contribution in [0.15, 0.2) is 72.9 Å². The van der Waals surface area contributed by atoms with Crippen molar-refractivity contribution in [1.29, 1.82) is 0 Å². The Balaban J connectivity index is 1.64. The Hall–Kier alpha value is -4.74. The molecule has 1 amide bonds. The second-order valence-electron chi connectivity index (χ2n) is 10.1. The number of rotatable bonds is 9. The standard InChI is InChI=1S/C32H33N5O5S/c1-19-15-24(20(2)36(19)22-10-8-9-21(16-22)31(39)42-5)30-29(25-11-6-7-14-33-25)35-32(43)37(30)23-12-13-27(41-4)26(17-23)34-28(38)18-40-3/h6-17,29-30H,18H2,1-5H3,(H,34,38)(H,35,43)/t29-,30+/m1/s1. The zero-order valence-electron chi connectivity index (χ0n) is 24.6. The number of benzene rings is 2. The molecule has 0 unspecified atom stereocenters. The van der Waals surface area contributed by atoms with Crippen LogP contribution in [-0.2, 0) is 14.3 Å². The third-order valence-electron chi connectivity index (χ3n) is 7.42. The number of aryl methyl sites for hydroxylation is 1. The molecule has 1 aliphatic heterocycles. The molecule has 0 spiro atoms. The molecule has 2 N–H and O–H groups in total. The van der Waals surface area contributed by atoms with Gasteiger partial charge in [-0.15, -0.1) is 0 Å². The number of ether oxygens (including phenoxy) is 3. The van der Waals surface area contributed by atoms with Gasteiger partial charge in [-0.3, -0.25) is 9.78 Å². The predicted molar refractivity (Wildman–Crippen MR) is 168 cm³/mol. The number of aromatic nitrogens is 2. The average Bonchev–Trinajstić information content (AvgIpc) is 3.51. The molecule has 0 bridgehead atoms. The quantitative estimate of drug-likeness (QED) is 0.202. The first kappa shape index (κ1) is 29.7. The number of pyridine rings is 1. The lowest BCUT2D eigenvalue weighted by Crippen LogP contribution is -2.29. The molecule has 2 aromatic carbocycles. The van der Waals surface area contributed by atoms with Crippen LogP contribution in [0.5, 0.6) is 5.75 Å². The number of anilines is 2. The Bertz CT molecular complexity index is 1670. The summed E-state index contributed by atoms with van der Waals surface area (Å²) in [4.78, 5) is 31.4. The van der Waals surface area contributed by atoms with Crippen molar-refractivity contribution in [2.75, 3.05) is 38.2 Å². The van der Waals surface area contributed by atoms with Gasteiger partial charge >= 0.3 is 5.97 Å². The smallest absolute Gasteiger partial charge is 0.337 e. The molecule has 10 nitrogen and oxygen atoms in total. The minimum absolute atomic E-state index is 0.0927. The van der Waals surface area contributed by atoms with Crippen molar-refractivity contribution in [2.24, 2.45) is 0 Å². The van der Waals surface area contributed by atoms with Crippen LogP contribution < -0.4 is 20.3 Å². The monoisotopic (exact) mass is 599 g/mol. The van der Waals surface area contributed by atoms with Gasteiger partial charge in [-0.25, -0.2) is 4.79 Å². The van der Waals surface area contributed by atoms with Crippen molar-refractivity contribution in [1.82, 2.24) is 14.9 Å². The lowest BCUT2D eigenvalue weighted by molar-refractivity contribution is -0.119. The van der Waals surface area contributed by atoms with E-state index in [1.54, 1.807) is 25.4 Å². The molecule has 0 saturated carbocycles. The summed E-state index contributed by atoms with van der Waals surface area (Å²) in [6.45, 7) is 3.98. The first-order chi connectivity index (χ1) is 20.8. The summed E-state index contributed by atoms with van der Waals surface area (Å²) >= 11 is 5.94. The van der Waals surface area contributed by atoms with E-state index >= 15 is 0 Å². The summed E-state index contributed by atoms with van der Waals surface area (Å²) in [5.74, 6) is -0.197. The number of amides is 1. The van der Waals surface area contributed by atoms with Crippen molar-refractivity contribution in [2.45, 2.75) is 25.9 Å². The number of hydrogen-bond acceptors (Lipinski definition) is 7. The van der Waals surface area contributed by atoms with Crippen LogP contribution in [0.25, 0.3) is 5.69 Å². The van der Waals surface area contributed by atoms with Gasteiger partial charge in [-0.1, -0.05) is 12.1 Å². The molecule has 4 aromatic rings. The van der Waals surface area contributed by atoms with Gasteiger partial charge in [0.2, 0.25) is 5.91 Å². The Kier molecular flexibility index (Phi) is 8.74. The van der Waals surface area contributed by atoms with Crippen LogP contribution in [0.2, 0.25) is 0 Å². The lowest BCUT2D eigenvalue weighted by atomic mass is 9.96. The maximum atomic E-state index is 12.4. The highest BCUT2D eigenvalue weighted by molar-refractivity contribution is 7.80. The highest BCUT2D eigenvalue weighted by atomic mass is 32.1. The van der Waals surface area contributed by atoms with Gasteiger partial charge < -0.3 is 34.3 Å². The molecule has 2 aromatic heterocycles. The number of methoxy groups -OCH3 is 3. The van der Waals surface area contributed by atoms with Crippen LogP contribution in [0, 0.1) is 13.8 Å². The molecule has 0 aliphatic carbocycles. The summed E-state index contributed by atoms with van der Waals surface area (Å²) in [6.07, 6.45) is 1.76. The van der Waals surface area contributed by atoms with E-state index in [1.165, 1.54) is 14.2 Å². The van der Waals surface area contributed by atoms with Gasteiger partial charge in [0.05, 0.1) is 43.2 Å². The van der Waals surface area contributed by atoms with E-state index in [1.807, 2.05) is 67.3 Å². The minimum Gasteiger partial charge on any atom is -0.495 e. The van der Waals surface area contributed by atoms with Gasteiger partial charge in [-0.05, 0) is 86.2 Å². The number of nitrogens with zero attached hydrogens (tertiary/aromatic N) is 3. The molecule has 3 heterocycles. The number of carbonyl (C=O) groups is 2. The lowest BCUT2D eigenvalue weighted by Gasteiger charge is -2.29. The van der Waals surface area contributed by atoms with E-state index in [4.69, 9.17) is 26.4 Å². The zero-order valence-corrected chi connectivity index (χ0v) is 25.4. The molecular weight excluding hydrogens is 566 g/mol. The molecule has 2 atom stereocenters. The maximum Gasteiger partial charge on any atom is 0.337 e. The van der Waals surface area contributed by atoms with Gasteiger partial charge in [0, 0.05) is 36.1 Å².